The number of hydrogen-bond acceptors (Lipinski definition) is 0. The first kappa shape index (κ1) is 15.1. The maximum absolute atomic E-state index is 13.3. The third-order valence-corrected chi connectivity index (χ3v) is 4.20. The SMILES string of the molecule is CC/C=C/CC1CCC(c2cc(F)c(F)c(F)c2)CC1. The van der Waals surface area contributed by atoms with Crippen molar-refractivity contribution in [1.29, 1.82) is 0 Å². The fraction of sp³-hybridized carbons (Fsp3) is 0.529. The summed E-state index contributed by atoms with van der Waals surface area (Å²) in [5.74, 6) is -2.69. The molecule has 1 aromatic carbocycles. The molecule has 2 rings (SSSR count). The lowest BCUT2D eigenvalue weighted by atomic mass is 9.77. The predicted octanol–water partition coefficient (Wildman–Crippen LogP) is 5.73. The van der Waals surface area contributed by atoms with E-state index in [-0.39, 0.29) is 5.92 Å². The molecule has 0 saturated heterocycles. The Bertz CT molecular complexity index is 448. The normalized spacial score (nSPS) is 23.4. The van der Waals surface area contributed by atoms with Crippen molar-refractivity contribution in [2.24, 2.45) is 5.92 Å². The summed E-state index contributed by atoms with van der Waals surface area (Å²) in [6.07, 6.45) is 10.5. The Balaban J connectivity index is 1.95. The minimum absolute atomic E-state index is 0.158. The summed E-state index contributed by atoms with van der Waals surface area (Å²) in [6, 6.07) is 2.31. The van der Waals surface area contributed by atoms with E-state index in [1.807, 2.05) is 0 Å². The second-order valence-electron chi connectivity index (χ2n) is 5.63. The number of hydrogen-bond donors (Lipinski definition) is 0. The zero-order chi connectivity index (χ0) is 14.5. The van der Waals surface area contributed by atoms with Crippen LogP contribution in [0.4, 0.5) is 13.2 Å². The minimum atomic E-state index is -1.37. The topological polar surface area (TPSA) is 0 Å². The van der Waals surface area contributed by atoms with Crippen LogP contribution in [-0.2, 0) is 0 Å². The molecule has 0 N–H and O–H groups in total. The molecule has 0 heterocycles. The van der Waals surface area contributed by atoms with Gasteiger partial charge < -0.3 is 0 Å². The van der Waals surface area contributed by atoms with E-state index in [0.717, 1.165) is 50.7 Å². The summed E-state index contributed by atoms with van der Waals surface area (Å²) in [4.78, 5) is 0. The first-order valence-corrected chi connectivity index (χ1v) is 7.41. The highest BCUT2D eigenvalue weighted by Gasteiger charge is 2.23. The summed E-state index contributed by atoms with van der Waals surface area (Å²) in [7, 11) is 0. The second-order valence-corrected chi connectivity index (χ2v) is 5.63. The first-order chi connectivity index (χ1) is 9.61. The van der Waals surface area contributed by atoms with Gasteiger partial charge in [-0.2, -0.15) is 0 Å². The molecule has 0 spiro atoms. The van der Waals surface area contributed by atoms with E-state index in [1.165, 1.54) is 0 Å². The molecule has 0 aromatic heterocycles. The Morgan fingerprint density at radius 1 is 1.00 bits per heavy atom. The summed E-state index contributed by atoms with van der Waals surface area (Å²) < 4.78 is 39.5. The molecular formula is C17H21F3. The van der Waals surface area contributed by atoms with E-state index < -0.39 is 17.5 Å². The lowest BCUT2D eigenvalue weighted by Gasteiger charge is -2.28. The molecule has 1 aliphatic carbocycles. The van der Waals surface area contributed by atoms with Gasteiger partial charge in [0.05, 0.1) is 0 Å². The summed E-state index contributed by atoms with van der Waals surface area (Å²) in [5.41, 5.74) is 0.601. The van der Waals surface area contributed by atoms with E-state index in [9.17, 15) is 13.2 Å². The standard InChI is InChI=1S/C17H21F3/c1-2-3-4-5-12-6-8-13(9-7-12)14-10-15(18)17(20)16(19)11-14/h3-4,10-13H,2,5-9H2,1H3/b4-3+. The highest BCUT2D eigenvalue weighted by atomic mass is 19.2. The van der Waals surface area contributed by atoms with E-state index in [4.69, 9.17) is 0 Å². The second kappa shape index (κ2) is 6.96. The van der Waals surface area contributed by atoms with E-state index in [1.54, 1.807) is 0 Å². The molecule has 0 unspecified atom stereocenters. The van der Waals surface area contributed by atoms with Crippen LogP contribution in [0.15, 0.2) is 24.3 Å². The fourth-order valence-electron chi connectivity index (χ4n) is 3.00. The monoisotopic (exact) mass is 282 g/mol. The molecule has 1 fully saturated rings. The van der Waals surface area contributed by atoms with Gasteiger partial charge in [0.2, 0.25) is 0 Å². The van der Waals surface area contributed by atoms with Gasteiger partial charge >= 0.3 is 0 Å². The average Bonchev–Trinajstić information content (AvgIpc) is 2.45. The number of benzene rings is 1. The highest BCUT2D eigenvalue weighted by Crippen LogP contribution is 2.37. The van der Waals surface area contributed by atoms with E-state index in [2.05, 4.69) is 19.1 Å². The Morgan fingerprint density at radius 3 is 2.15 bits per heavy atom. The van der Waals surface area contributed by atoms with E-state index in [0.29, 0.717) is 11.5 Å². The van der Waals surface area contributed by atoms with Gasteiger partial charge in [-0.1, -0.05) is 19.1 Å². The molecule has 0 radical (unpaired) electrons. The number of allylic oxidation sites excluding steroid dienone is 2. The molecule has 0 bridgehead atoms. The molecule has 0 atom stereocenters. The molecule has 0 amide bonds. The lowest BCUT2D eigenvalue weighted by Crippen LogP contribution is -2.13. The van der Waals surface area contributed by atoms with Gasteiger partial charge in [0.1, 0.15) is 0 Å². The summed E-state index contributed by atoms with van der Waals surface area (Å²) in [6.45, 7) is 2.12. The Kier molecular flexibility index (Phi) is 5.27. The molecular weight excluding hydrogens is 261 g/mol. The molecule has 110 valence electrons. The van der Waals surface area contributed by atoms with Crippen LogP contribution in [0.3, 0.4) is 0 Å². The smallest absolute Gasteiger partial charge is 0.194 e. The molecule has 20 heavy (non-hydrogen) atoms. The highest BCUT2D eigenvalue weighted by molar-refractivity contribution is 5.23. The van der Waals surface area contributed by atoms with E-state index >= 15 is 0 Å². The largest absolute Gasteiger partial charge is 0.204 e. The quantitative estimate of drug-likeness (QED) is 0.488. The van der Waals surface area contributed by atoms with Gasteiger partial charge in [0, 0.05) is 0 Å². The maximum atomic E-state index is 13.3. The van der Waals surface area contributed by atoms with Crippen molar-refractivity contribution in [3.63, 3.8) is 0 Å². The number of halogens is 3. The Hall–Kier alpha value is -1.25. The van der Waals surface area contributed by atoms with Crippen molar-refractivity contribution in [2.75, 3.05) is 0 Å². The average molecular weight is 282 g/mol. The van der Waals surface area contributed by atoms with Crippen molar-refractivity contribution < 1.29 is 13.2 Å². The molecule has 3 heteroatoms. The van der Waals surface area contributed by atoms with Gasteiger partial charge in [0.25, 0.3) is 0 Å². The molecule has 0 aliphatic heterocycles. The van der Waals surface area contributed by atoms with Gasteiger partial charge in [-0.25, -0.2) is 13.2 Å². The van der Waals surface area contributed by atoms with Crippen LogP contribution in [0.25, 0.3) is 0 Å². The van der Waals surface area contributed by atoms with Crippen LogP contribution >= 0.6 is 0 Å². The Labute approximate surface area is 118 Å². The maximum Gasteiger partial charge on any atom is 0.194 e. The van der Waals surface area contributed by atoms with Crippen LogP contribution in [0.2, 0.25) is 0 Å². The van der Waals surface area contributed by atoms with Crippen molar-refractivity contribution in [1.82, 2.24) is 0 Å². The van der Waals surface area contributed by atoms with Gasteiger partial charge in [0.15, 0.2) is 17.5 Å². The molecule has 1 aromatic rings. The molecule has 1 aliphatic rings. The molecule has 1 saturated carbocycles. The van der Waals surface area contributed by atoms with Crippen molar-refractivity contribution in [3.8, 4) is 0 Å². The van der Waals surface area contributed by atoms with Gasteiger partial charge in [-0.3, -0.25) is 0 Å². The predicted molar refractivity (Wildman–Crippen MR) is 75.1 cm³/mol. The summed E-state index contributed by atoms with van der Waals surface area (Å²) in [5, 5.41) is 0. The minimum Gasteiger partial charge on any atom is -0.204 e. The Morgan fingerprint density at radius 2 is 1.60 bits per heavy atom. The van der Waals surface area contributed by atoms with Crippen LogP contribution in [-0.4, -0.2) is 0 Å². The van der Waals surface area contributed by atoms with Crippen molar-refractivity contribution in [2.45, 2.75) is 51.4 Å². The zero-order valence-corrected chi connectivity index (χ0v) is 11.8. The first-order valence-electron chi connectivity index (χ1n) is 7.41. The van der Waals surface area contributed by atoms with Crippen LogP contribution < -0.4 is 0 Å². The summed E-state index contributed by atoms with van der Waals surface area (Å²) >= 11 is 0. The zero-order valence-electron chi connectivity index (χ0n) is 11.8. The fourth-order valence-corrected chi connectivity index (χ4v) is 3.00. The molecule has 0 nitrogen and oxygen atoms in total. The van der Waals surface area contributed by atoms with Crippen LogP contribution in [0.1, 0.15) is 56.9 Å². The third kappa shape index (κ3) is 3.65. The number of rotatable bonds is 4. The van der Waals surface area contributed by atoms with Gasteiger partial charge in [-0.15, -0.1) is 0 Å². The third-order valence-electron chi connectivity index (χ3n) is 4.20. The van der Waals surface area contributed by atoms with Gasteiger partial charge in [-0.05, 0) is 68.1 Å². The van der Waals surface area contributed by atoms with Crippen LogP contribution in [0, 0.1) is 23.4 Å². The van der Waals surface area contributed by atoms with Crippen LogP contribution in [0.5, 0.6) is 0 Å². The lowest BCUT2D eigenvalue weighted by molar-refractivity contribution is 0.326. The van der Waals surface area contributed by atoms with Crippen molar-refractivity contribution in [3.05, 3.63) is 47.3 Å². The van der Waals surface area contributed by atoms with Crippen molar-refractivity contribution >= 4 is 0 Å².